The predicted molar refractivity (Wildman–Crippen MR) is 57.2 cm³/mol. The van der Waals surface area contributed by atoms with Gasteiger partial charge < -0.3 is 5.32 Å². The lowest BCUT2D eigenvalue weighted by atomic mass is 10.2. The Kier molecular flexibility index (Phi) is 3.55. The van der Waals surface area contributed by atoms with Gasteiger partial charge in [0.05, 0.1) is 16.6 Å². The summed E-state index contributed by atoms with van der Waals surface area (Å²) in [5, 5.41) is 3.05. The van der Waals surface area contributed by atoms with E-state index in [1.165, 1.54) is 0 Å². The van der Waals surface area contributed by atoms with Crippen LogP contribution in [-0.2, 0) is 0 Å². The van der Waals surface area contributed by atoms with Gasteiger partial charge in [-0.25, -0.2) is 0 Å². The minimum atomic E-state index is -0.293. The molecule has 0 heterocycles. The second kappa shape index (κ2) is 4.69. The standard InChI is InChI=1S/C11H10ClNO/c1-3-8(2)13-11(14)9-6-4-5-7-10(9)12/h1,4-8H,2H3,(H,13,14). The second-order valence-corrected chi connectivity index (χ2v) is 3.25. The smallest absolute Gasteiger partial charge is 0.253 e. The van der Waals surface area contributed by atoms with Gasteiger partial charge in [0.2, 0.25) is 0 Å². The average molecular weight is 208 g/mol. The molecule has 0 fully saturated rings. The van der Waals surface area contributed by atoms with Crippen molar-refractivity contribution in [1.29, 1.82) is 0 Å². The fourth-order valence-electron chi connectivity index (χ4n) is 0.961. The average Bonchev–Trinajstić information content (AvgIpc) is 2.18. The van der Waals surface area contributed by atoms with Crippen LogP contribution < -0.4 is 5.32 Å². The van der Waals surface area contributed by atoms with Gasteiger partial charge in [0.25, 0.3) is 5.91 Å². The molecule has 1 aromatic carbocycles. The third-order valence-corrected chi connectivity index (χ3v) is 2.05. The number of rotatable bonds is 2. The molecular formula is C11H10ClNO. The topological polar surface area (TPSA) is 29.1 Å². The van der Waals surface area contributed by atoms with Gasteiger partial charge in [-0.1, -0.05) is 29.7 Å². The summed E-state index contributed by atoms with van der Waals surface area (Å²) in [7, 11) is 0. The van der Waals surface area contributed by atoms with Gasteiger partial charge in [-0.3, -0.25) is 4.79 Å². The van der Waals surface area contributed by atoms with Crippen LogP contribution in [0.25, 0.3) is 0 Å². The summed E-state index contributed by atoms with van der Waals surface area (Å²) >= 11 is 5.83. The number of carbonyl (C=O) groups is 1. The van der Waals surface area contributed by atoms with Crippen molar-refractivity contribution < 1.29 is 4.79 Å². The first kappa shape index (κ1) is 10.6. The van der Waals surface area contributed by atoms with Crippen molar-refractivity contribution in [3.8, 4) is 12.3 Å². The molecule has 0 aromatic heterocycles. The maximum Gasteiger partial charge on any atom is 0.253 e. The molecule has 0 aliphatic rings. The molecule has 14 heavy (non-hydrogen) atoms. The molecule has 2 nitrogen and oxygen atoms in total. The Balaban J connectivity index is 2.81. The Morgan fingerprint density at radius 3 is 2.79 bits per heavy atom. The van der Waals surface area contributed by atoms with E-state index in [0.717, 1.165) is 0 Å². The first-order chi connectivity index (χ1) is 6.65. The normalized spacial score (nSPS) is 11.5. The zero-order valence-corrected chi connectivity index (χ0v) is 8.51. The molecule has 1 atom stereocenters. The quantitative estimate of drug-likeness (QED) is 0.740. The minimum absolute atomic E-state index is 0.249. The highest BCUT2D eigenvalue weighted by Gasteiger charge is 2.10. The number of carbonyl (C=O) groups excluding carboxylic acids is 1. The fraction of sp³-hybridized carbons (Fsp3) is 0.182. The van der Waals surface area contributed by atoms with Gasteiger partial charge in [0.15, 0.2) is 0 Å². The van der Waals surface area contributed by atoms with Crippen molar-refractivity contribution in [3.63, 3.8) is 0 Å². The van der Waals surface area contributed by atoms with Crippen LogP contribution in [0.15, 0.2) is 24.3 Å². The molecule has 0 saturated heterocycles. The van der Waals surface area contributed by atoms with Crippen LogP contribution in [0.3, 0.4) is 0 Å². The van der Waals surface area contributed by atoms with Crippen LogP contribution in [-0.4, -0.2) is 11.9 Å². The third-order valence-electron chi connectivity index (χ3n) is 1.72. The summed E-state index contributed by atoms with van der Waals surface area (Å²) in [4.78, 5) is 11.5. The summed E-state index contributed by atoms with van der Waals surface area (Å²) in [5.41, 5.74) is 0.441. The fourth-order valence-corrected chi connectivity index (χ4v) is 1.18. The number of benzene rings is 1. The predicted octanol–water partition coefficient (Wildman–Crippen LogP) is 2.09. The number of terminal acetylenes is 1. The Bertz CT molecular complexity index is 381. The van der Waals surface area contributed by atoms with E-state index in [0.29, 0.717) is 10.6 Å². The summed E-state index contributed by atoms with van der Waals surface area (Å²) in [6, 6.07) is 6.54. The number of amides is 1. The Morgan fingerprint density at radius 2 is 2.21 bits per heavy atom. The van der Waals surface area contributed by atoms with Gasteiger partial charge >= 0.3 is 0 Å². The molecule has 72 valence electrons. The van der Waals surface area contributed by atoms with Gasteiger partial charge in [-0.15, -0.1) is 6.42 Å². The van der Waals surface area contributed by atoms with Gasteiger partial charge in [0, 0.05) is 0 Å². The zero-order valence-electron chi connectivity index (χ0n) is 7.75. The third kappa shape index (κ3) is 2.51. The first-order valence-electron chi connectivity index (χ1n) is 4.16. The van der Waals surface area contributed by atoms with Crippen LogP contribution in [0.2, 0.25) is 5.02 Å². The van der Waals surface area contributed by atoms with E-state index in [1.54, 1.807) is 31.2 Å². The molecule has 3 heteroatoms. The van der Waals surface area contributed by atoms with Crippen molar-refractivity contribution in [3.05, 3.63) is 34.9 Å². The molecule has 0 aliphatic heterocycles. The van der Waals surface area contributed by atoms with Crippen molar-refractivity contribution >= 4 is 17.5 Å². The van der Waals surface area contributed by atoms with E-state index in [9.17, 15) is 4.79 Å². The van der Waals surface area contributed by atoms with Crippen molar-refractivity contribution in [1.82, 2.24) is 5.32 Å². The monoisotopic (exact) mass is 207 g/mol. The van der Waals surface area contributed by atoms with Crippen LogP contribution in [0.4, 0.5) is 0 Å². The van der Waals surface area contributed by atoms with Gasteiger partial charge in [-0.05, 0) is 19.1 Å². The molecule has 0 radical (unpaired) electrons. The lowest BCUT2D eigenvalue weighted by Crippen LogP contribution is -2.31. The number of halogens is 1. The van der Waals surface area contributed by atoms with Crippen LogP contribution in [0.5, 0.6) is 0 Å². The van der Waals surface area contributed by atoms with Crippen LogP contribution in [0.1, 0.15) is 17.3 Å². The Hall–Kier alpha value is -1.46. The Morgan fingerprint density at radius 1 is 1.57 bits per heavy atom. The highest BCUT2D eigenvalue weighted by molar-refractivity contribution is 6.33. The van der Waals surface area contributed by atoms with Crippen LogP contribution in [0, 0.1) is 12.3 Å². The lowest BCUT2D eigenvalue weighted by Gasteiger charge is -2.08. The van der Waals surface area contributed by atoms with Gasteiger partial charge in [0.1, 0.15) is 0 Å². The minimum Gasteiger partial charge on any atom is -0.339 e. The van der Waals surface area contributed by atoms with E-state index >= 15 is 0 Å². The Labute approximate surface area is 88.3 Å². The maximum absolute atomic E-state index is 11.5. The molecule has 0 bridgehead atoms. The molecule has 0 aliphatic carbocycles. The summed E-state index contributed by atoms with van der Waals surface area (Å²) in [5.74, 6) is 2.16. The first-order valence-corrected chi connectivity index (χ1v) is 4.54. The summed E-state index contributed by atoms with van der Waals surface area (Å²) < 4.78 is 0. The molecule has 1 amide bonds. The zero-order chi connectivity index (χ0) is 10.6. The highest BCUT2D eigenvalue weighted by Crippen LogP contribution is 2.14. The molecule has 1 aromatic rings. The summed E-state index contributed by atoms with van der Waals surface area (Å²) in [6.45, 7) is 1.73. The van der Waals surface area contributed by atoms with E-state index in [-0.39, 0.29) is 11.9 Å². The van der Waals surface area contributed by atoms with E-state index in [2.05, 4.69) is 11.2 Å². The summed E-state index contributed by atoms with van der Waals surface area (Å²) in [6.07, 6.45) is 5.14. The SMILES string of the molecule is C#CC(C)NC(=O)c1ccccc1Cl. The van der Waals surface area contributed by atoms with E-state index < -0.39 is 0 Å². The van der Waals surface area contributed by atoms with Crippen molar-refractivity contribution in [2.24, 2.45) is 0 Å². The second-order valence-electron chi connectivity index (χ2n) is 2.84. The lowest BCUT2D eigenvalue weighted by molar-refractivity contribution is 0.0948. The van der Waals surface area contributed by atoms with E-state index in [4.69, 9.17) is 18.0 Å². The number of nitrogens with one attached hydrogen (secondary N) is 1. The van der Waals surface area contributed by atoms with Gasteiger partial charge in [-0.2, -0.15) is 0 Å². The van der Waals surface area contributed by atoms with Crippen molar-refractivity contribution in [2.45, 2.75) is 13.0 Å². The molecule has 1 unspecified atom stereocenters. The van der Waals surface area contributed by atoms with E-state index in [1.807, 2.05) is 0 Å². The van der Waals surface area contributed by atoms with Crippen LogP contribution >= 0.6 is 11.6 Å². The molecule has 0 spiro atoms. The largest absolute Gasteiger partial charge is 0.339 e. The molecular weight excluding hydrogens is 198 g/mol. The maximum atomic E-state index is 11.5. The molecule has 1 N–H and O–H groups in total. The number of hydrogen-bond donors (Lipinski definition) is 1. The molecule has 0 saturated carbocycles. The number of hydrogen-bond acceptors (Lipinski definition) is 1. The molecule has 1 rings (SSSR count). The van der Waals surface area contributed by atoms with Crippen molar-refractivity contribution in [2.75, 3.05) is 0 Å². The highest BCUT2D eigenvalue weighted by atomic mass is 35.5.